The van der Waals surface area contributed by atoms with Crippen LogP contribution in [0.2, 0.25) is 0 Å². The summed E-state index contributed by atoms with van der Waals surface area (Å²) in [5.41, 5.74) is 3.04. The normalized spacial score (nSPS) is 10.1. The van der Waals surface area contributed by atoms with Crippen LogP contribution in [0.4, 0.5) is 10.5 Å². The zero-order chi connectivity index (χ0) is 10.9. The molecule has 0 aliphatic carbocycles. The fourth-order valence-corrected chi connectivity index (χ4v) is 2.31. The lowest BCUT2D eigenvalue weighted by molar-refractivity contribution is 0.266. The zero-order valence-electron chi connectivity index (χ0n) is 8.34. The number of amides is 1. The van der Waals surface area contributed by atoms with Gasteiger partial charge in [0.05, 0.1) is 5.69 Å². The van der Waals surface area contributed by atoms with Crippen molar-refractivity contribution in [3.05, 3.63) is 27.7 Å². The second-order valence-corrected chi connectivity index (χ2v) is 4.53. The minimum Gasteiger partial charge on any atom is -0.306 e. The molecule has 2 nitrogen and oxygen atoms in total. The maximum atomic E-state index is 11.1. The summed E-state index contributed by atoms with van der Waals surface area (Å²) in [6, 6.07) is 3.96. The van der Waals surface area contributed by atoms with Crippen molar-refractivity contribution in [2.24, 2.45) is 0 Å². The summed E-state index contributed by atoms with van der Waals surface area (Å²) >= 11 is 7.21. The van der Waals surface area contributed by atoms with Crippen LogP contribution in [0.25, 0.3) is 0 Å². The molecule has 0 spiro atoms. The molecule has 1 aromatic rings. The van der Waals surface area contributed by atoms with Crippen LogP contribution in [-0.4, -0.2) is 12.3 Å². The lowest BCUT2D eigenvalue weighted by Gasteiger charge is -2.19. The first-order valence-corrected chi connectivity index (χ1v) is 5.41. The van der Waals surface area contributed by atoms with Gasteiger partial charge in [0, 0.05) is 11.5 Å². The molecule has 76 valence electrons. The summed E-state index contributed by atoms with van der Waals surface area (Å²) in [6.07, 6.45) is 0. The fourth-order valence-electron chi connectivity index (χ4n) is 1.53. The lowest BCUT2D eigenvalue weighted by Crippen LogP contribution is -2.21. The van der Waals surface area contributed by atoms with Gasteiger partial charge in [0.15, 0.2) is 0 Å². The van der Waals surface area contributed by atoms with E-state index in [-0.39, 0.29) is 5.24 Å². The zero-order valence-corrected chi connectivity index (χ0v) is 10.8. The Morgan fingerprint density at radius 2 is 1.79 bits per heavy atom. The number of hydrogen-bond donors (Lipinski definition) is 1. The summed E-state index contributed by atoms with van der Waals surface area (Å²) in [5, 5.41) is -0.251. The highest BCUT2D eigenvalue weighted by molar-refractivity contribution is 9.10. The summed E-state index contributed by atoms with van der Waals surface area (Å²) in [5.74, 6) is 0. The molecule has 14 heavy (non-hydrogen) atoms. The number of nitrogens with zero attached hydrogens (tertiary/aromatic N) is 1. The molecule has 0 unspecified atom stereocenters. The molecular weight excluding hydrogens is 262 g/mol. The van der Waals surface area contributed by atoms with E-state index in [4.69, 9.17) is 0 Å². The average Bonchev–Trinajstić information content (AvgIpc) is 2.01. The van der Waals surface area contributed by atoms with Crippen molar-refractivity contribution >= 4 is 39.5 Å². The largest absolute Gasteiger partial charge is 0.306 e. The minimum atomic E-state index is -0.251. The molecule has 1 amide bonds. The third-order valence-corrected chi connectivity index (χ3v) is 2.84. The Kier molecular flexibility index (Phi) is 3.61. The van der Waals surface area contributed by atoms with Crippen molar-refractivity contribution in [2.45, 2.75) is 13.8 Å². The first-order chi connectivity index (χ1) is 6.43. The molecule has 0 saturated carbocycles. The molecule has 0 saturated heterocycles. The van der Waals surface area contributed by atoms with Crippen LogP contribution in [-0.2, 0) is 0 Å². The molecule has 0 aliphatic rings. The fraction of sp³-hybridized carbons (Fsp3) is 0.300. The average molecular weight is 274 g/mol. The minimum absolute atomic E-state index is 0.251. The first-order valence-electron chi connectivity index (χ1n) is 4.17. The predicted octanol–water partition coefficient (Wildman–Crippen LogP) is 3.55. The van der Waals surface area contributed by atoms with Gasteiger partial charge in [0.1, 0.15) is 0 Å². The van der Waals surface area contributed by atoms with Gasteiger partial charge in [-0.1, -0.05) is 28.6 Å². The Labute approximate surface area is 97.8 Å². The van der Waals surface area contributed by atoms with Crippen molar-refractivity contribution in [3.63, 3.8) is 0 Å². The van der Waals surface area contributed by atoms with Crippen LogP contribution >= 0.6 is 28.6 Å². The number of aryl methyl sites for hydroxylation is 2. The highest BCUT2D eigenvalue weighted by Crippen LogP contribution is 2.28. The van der Waals surface area contributed by atoms with Crippen LogP contribution in [0, 0.1) is 13.8 Å². The smallest absolute Gasteiger partial charge is 0.282 e. The van der Waals surface area contributed by atoms with Crippen LogP contribution in [0.3, 0.4) is 0 Å². The third kappa shape index (κ3) is 2.30. The Morgan fingerprint density at radius 1 is 1.36 bits per heavy atom. The molecule has 0 heterocycles. The number of carbonyl (C=O) groups excluding carboxylic acids is 1. The van der Waals surface area contributed by atoms with E-state index in [1.165, 1.54) is 0 Å². The van der Waals surface area contributed by atoms with Crippen molar-refractivity contribution < 1.29 is 4.79 Å². The Morgan fingerprint density at radius 3 is 2.14 bits per heavy atom. The van der Waals surface area contributed by atoms with Crippen LogP contribution in [0.5, 0.6) is 0 Å². The molecule has 0 radical (unpaired) electrons. The van der Waals surface area contributed by atoms with Crippen molar-refractivity contribution in [2.75, 3.05) is 11.9 Å². The molecule has 0 aromatic heterocycles. The van der Waals surface area contributed by atoms with E-state index >= 15 is 0 Å². The Bertz CT molecular complexity index is 355. The van der Waals surface area contributed by atoms with Gasteiger partial charge in [-0.05, 0) is 37.1 Å². The number of thiol groups is 1. The van der Waals surface area contributed by atoms with Gasteiger partial charge in [0.25, 0.3) is 5.24 Å². The standard InChI is InChI=1S/C10H12BrNOS/c1-6-4-8(11)5-7(2)9(6)12(3)10(13)14/h4-5H,1-3H3,(H,13,14). The van der Waals surface area contributed by atoms with Gasteiger partial charge in [-0.25, -0.2) is 0 Å². The van der Waals surface area contributed by atoms with Crippen LogP contribution in [0.15, 0.2) is 16.6 Å². The summed E-state index contributed by atoms with van der Waals surface area (Å²) < 4.78 is 1.02. The van der Waals surface area contributed by atoms with E-state index in [1.54, 1.807) is 11.9 Å². The number of anilines is 1. The number of benzene rings is 1. The molecule has 1 rings (SSSR count). The van der Waals surface area contributed by atoms with E-state index < -0.39 is 0 Å². The molecule has 4 heteroatoms. The summed E-state index contributed by atoms with van der Waals surface area (Å²) in [6.45, 7) is 3.95. The second-order valence-electron chi connectivity index (χ2n) is 3.23. The number of hydrogen-bond acceptors (Lipinski definition) is 1. The SMILES string of the molecule is Cc1cc(Br)cc(C)c1N(C)C(=O)S. The van der Waals surface area contributed by atoms with Gasteiger partial charge >= 0.3 is 0 Å². The summed E-state index contributed by atoms with van der Waals surface area (Å²) in [7, 11) is 1.72. The number of halogens is 1. The highest BCUT2D eigenvalue weighted by atomic mass is 79.9. The van der Waals surface area contributed by atoms with Gasteiger partial charge < -0.3 is 4.90 Å². The van der Waals surface area contributed by atoms with Crippen molar-refractivity contribution in [1.29, 1.82) is 0 Å². The second kappa shape index (κ2) is 4.36. The van der Waals surface area contributed by atoms with E-state index in [1.807, 2.05) is 26.0 Å². The maximum Gasteiger partial charge on any atom is 0.282 e. The van der Waals surface area contributed by atoms with E-state index in [9.17, 15) is 4.79 Å². The van der Waals surface area contributed by atoms with Gasteiger partial charge in [-0.3, -0.25) is 4.79 Å². The predicted molar refractivity (Wildman–Crippen MR) is 66.4 cm³/mol. The van der Waals surface area contributed by atoms with Gasteiger partial charge in [-0.15, -0.1) is 0 Å². The third-order valence-electron chi connectivity index (χ3n) is 2.08. The van der Waals surface area contributed by atoms with Gasteiger partial charge in [0.2, 0.25) is 0 Å². The molecule has 1 aromatic carbocycles. The first kappa shape index (κ1) is 11.6. The van der Waals surface area contributed by atoms with Crippen LogP contribution < -0.4 is 4.90 Å². The van der Waals surface area contributed by atoms with Crippen LogP contribution in [0.1, 0.15) is 11.1 Å². The van der Waals surface area contributed by atoms with E-state index in [0.29, 0.717) is 0 Å². The lowest BCUT2D eigenvalue weighted by atomic mass is 10.1. The molecule has 0 bridgehead atoms. The molecule has 0 N–H and O–H groups in total. The van der Waals surface area contributed by atoms with Crippen molar-refractivity contribution in [3.8, 4) is 0 Å². The van der Waals surface area contributed by atoms with E-state index in [2.05, 4.69) is 28.6 Å². The van der Waals surface area contributed by atoms with E-state index in [0.717, 1.165) is 21.3 Å². The topological polar surface area (TPSA) is 20.3 Å². The Balaban J connectivity index is 3.27. The molecule has 0 fully saturated rings. The Hall–Kier alpha value is -0.480. The summed E-state index contributed by atoms with van der Waals surface area (Å²) in [4.78, 5) is 12.7. The molecule has 0 aliphatic heterocycles. The number of carbonyl (C=O) groups is 1. The van der Waals surface area contributed by atoms with Gasteiger partial charge in [-0.2, -0.15) is 0 Å². The molecular formula is C10H12BrNOS. The quantitative estimate of drug-likeness (QED) is 0.776. The monoisotopic (exact) mass is 273 g/mol. The van der Waals surface area contributed by atoms with Crippen molar-refractivity contribution in [1.82, 2.24) is 0 Å². The maximum absolute atomic E-state index is 11.1. The number of rotatable bonds is 1. The molecule has 0 atom stereocenters. The highest BCUT2D eigenvalue weighted by Gasteiger charge is 2.12.